The highest BCUT2D eigenvalue weighted by Gasteiger charge is 2.35. The molecule has 0 bridgehead atoms. The molecule has 0 saturated carbocycles. The van der Waals surface area contributed by atoms with E-state index >= 15 is 0 Å². The van der Waals surface area contributed by atoms with Gasteiger partial charge in [0.05, 0.1) is 17.1 Å². The molecule has 3 aliphatic rings. The van der Waals surface area contributed by atoms with E-state index in [0.717, 1.165) is 61.1 Å². The van der Waals surface area contributed by atoms with E-state index in [1.807, 2.05) is 29.3 Å². The quantitative estimate of drug-likeness (QED) is 0.461. The highest BCUT2D eigenvalue weighted by molar-refractivity contribution is 5.97. The van der Waals surface area contributed by atoms with Gasteiger partial charge in [-0.2, -0.15) is 0 Å². The van der Waals surface area contributed by atoms with E-state index in [9.17, 15) is 4.79 Å². The number of piperidine rings is 1. The van der Waals surface area contributed by atoms with Gasteiger partial charge in [-0.15, -0.1) is 0 Å². The van der Waals surface area contributed by atoms with Crippen LogP contribution in [-0.4, -0.2) is 44.3 Å². The van der Waals surface area contributed by atoms with E-state index < -0.39 is 0 Å². The van der Waals surface area contributed by atoms with E-state index in [4.69, 9.17) is 4.98 Å². The van der Waals surface area contributed by atoms with E-state index in [0.29, 0.717) is 17.6 Å². The summed E-state index contributed by atoms with van der Waals surface area (Å²) in [7, 11) is 0. The lowest BCUT2D eigenvalue weighted by atomic mass is 9.96. The third-order valence-electron chi connectivity index (χ3n) is 7.62. The molecule has 3 N–H and O–H groups in total. The van der Waals surface area contributed by atoms with Gasteiger partial charge in [0.25, 0.3) is 5.91 Å². The zero-order chi connectivity index (χ0) is 25.7. The summed E-state index contributed by atoms with van der Waals surface area (Å²) in [5.74, 6) is 1.46. The first-order chi connectivity index (χ1) is 17.8. The highest BCUT2D eigenvalue weighted by atomic mass is 16.2. The molecule has 37 heavy (non-hydrogen) atoms. The van der Waals surface area contributed by atoms with Crippen molar-refractivity contribution in [3.05, 3.63) is 82.9 Å². The van der Waals surface area contributed by atoms with Crippen molar-refractivity contribution in [2.75, 3.05) is 22.5 Å². The van der Waals surface area contributed by atoms with Crippen LogP contribution in [0.25, 0.3) is 0 Å². The Bertz CT molecular complexity index is 1380. The van der Waals surface area contributed by atoms with Crippen LogP contribution in [0.2, 0.25) is 0 Å². The summed E-state index contributed by atoms with van der Waals surface area (Å²) in [5.41, 5.74) is 8.29. The molecule has 1 saturated heterocycles. The number of fused-ring (bicyclic) bond motifs is 2. The highest BCUT2D eigenvalue weighted by Crippen LogP contribution is 2.33. The smallest absolute Gasteiger partial charge is 0.254 e. The van der Waals surface area contributed by atoms with Crippen molar-refractivity contribution in [1.82, 2.24) is 19.8 Å². The summed E-state index contributed by atoms with van der Waals surface area (Å²) < 4.78 is 0. The van der Waals surface area contributed by atoms with E-state index in [1.54, 1.807) is 0 Å². The molecule has 8 heteroatoms. The lowest BCUT2D eigenvalue weighted by Gasteiger charge is -2.41. The van der Waals surface area contributed by atoms with Crippen LogP contribution in [0.5, 0.6) is 0 Å². The van der Waals surface area contributed by atoms with Crippen LogP contribution >= 0.6 is 0 Å². The lowest BCUT2D eigenvalue weighted by Crippen LogP contribution is -2.50. The van der Waals surface area contributed by atoms with Crippen LogP contribution in [-0.2, 0) is 13.1 Å². The molecule has 1 amide bonds. The number of hydrogen-bond acceptors (Lipinski definition) is 7. The van der Waals surface area contributed by atoms with Gasteiger partial charge in [0, 0.05) is 54.7 Å². The Hall–Kier alpha value is -3.91. The van der Waals surface area contributed by atoms with Crippen LogP contribution in [0.15, 0.2) is 55.0 Å². The van der Waals surface area contributed by atoms with Crippen LogP contribution in [0, 0.1) is 13.8 Å². The number of aryl methyl sites for hydroxylation is 2. The summed E-state index contributed by atoms with van der Waals surface area (Å²) >= 11 is 0. The zero-order valence-corrected chi connectivity index (χ0v) is 21.6. The van der Waals surface area contributed by atoms with Gasteiger partial charge in [-0.3, -0.25) is 9.69 Å². The second kappa shape index (κ2) is 9.19. The van der Waals surface area contributed by atoms with Crippen molar-refractivity contribution in [2.24, 2.45) is 0 Å². The summed E-state index contributed by atoms with van der Waals surface area (Å²) in [6.45, 7) is 12.7. The fourth-order valence-electron chi connectivity index (χ4n) is 5.87. The number of rotatable bonds is 4. The average molecular weight is 496 g/mol. The van der Waals surface area contributed by atoms with Crippen LogP contribution in [0.3, 0.4) is 0 Å². The Labute approximate surface area is 217 Å². The molecule has 0 aliphatic carbocycles. The second-order valence-corrected chi connectivity index (χ2v) is 10.6. The van der Waals surface area contributed by atoms with Gasteiger partial charge in [-0.05, 0) is 75.1 Å². The number of nitrogens with zero attached hydrogens (tertiary/aromatic N) is 4. The molecule has 3 aromatic rings. The van der Waals surface area contributed by atoms with Gasteiger partial charge in [-0.1, -0.05) is 12.6 Å². The molecule has 1 aromatic heterocycles. The van der Waals surface area contributed by atoms with Crippen molar-refractivity contribution in [3.8, 4) is 0 Å². The van der Waals surface area contributed by atoms with Gasteiger partial charge in [-0.25, -0.2) is 9.97 Å². The molecule has 0 radical (unpaired) electrons. The average Bonchev–Trinajstić information content (AvgIpc) is 3.44. The first kappa shape index (κ1) is 23.5. The zero-order valence-electron chi connectivity index (χ0n) is 21.6. The number of benzene rings is 2. The molecule has 4 heterocycles. The van der Waals surface area contributed by atoms with E-state index in [-0.39, 0.29) is 11.9 Å². The second-order valence-electron chi connectivity index (χ2n) is 10.6. The lowest BCUT2D eigenvalue weighted by molar-refractivity contribution is 0.0460. The molecule has 1 fully saturated rings. The Kier molecular flexibility index (Phi) is 5.83. The van der Waals surface area contributed by atoms with Crippen LogP contribution < -0.4 is 16.0 Å². The van der Waals surface area contributed by atoms with Gasteiger partial charge in [0.1, 0.15) is 5.82 Å². The molecular formula is C29H33N7O. The number of carbonyl (C=O) groups excluding carboxylic acids is 1. The van der Waals surface area contributed by atoms with Crippen LogP contribution in [0.4, 0.5) is 23.0 Å². The van der Waals surface area contributed by atoms with Gasteiger partial charge in [0.2, 0.25) is 5.95 Å². The van der Waals surface area contributed by atoms with Gasteiger partial charge < -0.3 is 20.9 Å². The molecule has 0 unspecified atom stereocenters. The minimum Gasteiger partial charge on any atom is -0.341 e. The van der Waals surface area contributed by atoms with Crippen molar-refractivity contribution in [2.45, 2.75) is 58.8 Å². The van der Waals surface area contributed by atoms with E-state index in [1.165, 1.54) is 16.7 Å². The molecular weight excluding hydrogens is 462 g/mol. The normalized spacial score (nSPS) is 20.7. The Morgan fingerprint density at radius 3 is 2.65 bits per heavy atom. The molecule has 190 valence electrons. The number of anilines is 4. The maximum Gasteiger partial charge on any atom is 0.254 e. The largest absolute Gasteiger partial charge is 0.341 e. The van der Waals surface area contributed by atoms with Crippen molar-refractivity contribution in [1.29, 1.82) is 0 Å². The maximum absolute atomic E-state index is 13.3. The Balaban J connectivity index is 1.09. The van der Waals surface area contributed by atoms with E-state index in [2.05, 4.69) is 71.4 Å². The molecule has 2 aromatic carbocycles. The molecule has 3 aliphatic heterocycles. The summed E-state index contributed by atoms with van der Waals surface area (Å²) in [6.07, 6.45) is 3.86. The first-order valence-electron chi connectivity index (χ1n) is 12.9. The number of amides is 1. The monoisotopic (exact) mass is 495 g/mol. The maximum atomic E-state index is 13.3. The van der Waals surface area contributed by atoms with Gasteiger partial charge >= 0.3 is 0 Å². The number of hydrogen-bond donors (Lipinski definition) is 3. The summed E-state index contributed by atoms with van der Waals surface area (Å²) in [4.78, 5) is 27.3. The standard InChI is InChI=1S/C29H33N7O/c1-17-9-18(2)11-23(10-17)33-29-30-14-22-15-35(16-27(22)34-29)24-7-8-36(19(3)12-24)28(37)21-5-6-25-26(13-21)32-20(4)31-25/h5-6,9-11,13-14,19,24,31-32H,4,7-8,12,15-16H2,1-3H3,(H,30,33,34)/t19-,24-/m1/s1. The fraction of sp³-hybridized carbons (Fsp3) is 0.345. The third-order valence-corrected chi connectivity index (χ3v) is 7.62. The molecule has 8 nitrogen and oxygen atoms in total. The molecule has 2 atom stereocenters. The number of aromatic nitrogens is 2. The molecule has 0 spiro atoms. The number of likely N-dealkylation sites (tertiary alicyclic amines) is 1. The predicted molar refractivity (Wildman–Crippen MR) is 147 cm³/mol. The Morgan fingerprint density at radius 2 is 1.86 bits per heavy atom. The minimum absolute atomic E-state index is 0.0886. The first-order valence-corrected chi connectivity index (χ1v) is 12.9. The topological polar surface area (TPSA) is 85.4 Å². The number of nitrogens with one attached hydrogen (secondary N) is 3. The van der Waals surface area contributed by atoms with Crippen molar-refractivity contribution < 1.29 is 4.79 Å². The summed E-state index contributed by atoms with van der Waals surface area (Å²) in [5, 5.41) is 9.72. The summed E-state index contributed by atoms with van der Waals surface area (Å²) in [6, 6.07) is 12.7. The predicted octanol–water partition coefficient (Wildman–Crippen LogP) is 5.15. The van der Waals surface area contributed by atoms with Crippen molar-refractivity contribution in [3.63, 3.8) is 0 Å². The number of carbonyl (C=O) groups is 1. The van der Waals surface area contributed by atoms with Crippen molar-refractivity contribution >= 4 is 28.9 Å². The fourth-order valence-corrected chi connectivity index (χ4v) is 5.87. The molecule has 6 rings (SSSR count). The Morgan fingerprint density at radius 1 is 1.08 bits per heavy atom. The minimum atomic E-state index is 0.0886. The van der Waals surface area contributed by atoms with Crippen LogP contribution in [0.1, 0.15) is 52.5 Å². The van der Waals surface area contributed by atoms with Gasteiger partial charge in [0.15, 0.2) is 0 Å². The third kappa shape index (κ3) is 4.64. The SMILES string of the molecule is C=C1Nc2ccc(C(=O)N3CC[C@@H](N4Cc5cnc(Nc6cc(C)cc(C)c6)nc5C4)C[C@H]3C)cc2N1.